The van der Waals surface area contributed by atoms with E-state index in [2.05, 4.69) is 21.2 Å². The van der Waals surface area contributed by atoms with Gasteiger partial charge in [-0.3, -0.25) is 9.59 Å². The zero-order valence-electron chi connectivity index (χ0n) is 11.3. The maximum Gasteiger partial charge on any atom is 0.274 e. The summed E-state index contributed by atoms with van der Waals surface area (Å²) in [7, 11) is 1.63. The van der Waals surface area contributed by atoms with Gasteiger partial charge < -0.3 is 14.6 Å². The topological polar surface area (TPSA) is 60.3 Å². The van der Waals surface area contributed by atoms with Gasteiger partial charge in [-0.2, -0.15) is 0 Å². The van der Waals surface area contributed by atoms with Crippen LogP contribution in [0.5, 0.6) is 5.75 Å². The first-order valence-corrected chi connectivity index (χ1v) is 7.25. The number of carbonyl (C=O) groups excluding carboxylic acids is 1. The molecule has 3 rings (SSSR count). The predicted octanol–water partition coefficient (Wildman–Crippen LogP) is 2.09. The quantitative estimate of drug-likeness (QED) is 0.903. The fraction of sp³-hybridized carbons (Fsp3) is 0.200. The second-order valence-electron chi connectivity index (χ2n) is 4.90. The average molecular weight is 349 g/mol. The van der Waals surface area contributed by atoms with E-state index in [0.29, 0.717) is 6.42 Å². The van der Waals surface area contributed by atoms with Gasteiger partial charge in [0.05, 0.1) is 0 Å². The largest absolute Gasteiger partial charge is 0.480 e. The van der Waals surface area contributed by atoms with Gasteiger partial charge in [0.1, 0.15) is 11.4 Å². The summed E-state index contributed by atoms with van der Waals surface area (Å²) >= 11 is 3.30. The molecule has 1 atom stereocenters. The Morgan fingerprint density at radius 2 is 2.19 bits per heavy atom. The molecule has 1 aliphatic heterocycles. The van der Waals surface area contributed by atoms with E-state index in [0.717, 1.165) is 15.8 Å². The van der Waals surface area contributed by atoms with Crippen molar-refractivity contribution in [3.63, 3.8) is 0 Å². The van der Waals surface area contributed by atoms with Crippen LogP contribution in [0, 0.1) is 0 Å². The van der Waals surface area contributed by atoms with Gasteiger partial charge >= 0.3 is 0 Å². The van der Waals surface area contributed by atoms with Crippen molar-refractivity contribution in [2.45, 2.75) is 12.5 Å². The first-order chi connectivity index (χ1) is 10.0. The maximum atomic E-state index is 12.3. The Morgan fingerprint density at radius 3 is 2.95 bits per heavy atom. The molecular weight excluding hydrogens is 336 g/mol. The molecule has 5 nitrogen and oxygen atoms in total. The first kappa shape index (κ1) is 13.9. The van der Waals surface area contributed by atoms with E-state index < -0.39 is 6.10 Å². The van der Waals surface area contributed by atoms with Crippen LogP contribution in [0.15, 0.2) is 45.8 Å². The highest BCUT2D eigenvalue weighted by Crippen LogP contribution is 2.28. The molecule has 6 heteroatoms. The van der Waals surface area contributed by atoms with Crippen LogP contribution in [0.3, 0.4) is 0 Å². The zero-order chi connectivity index (χ0) is 15.0. The molecule has 1 aromatic carbocycles. The van der Waals surface area contributed by atoms with Crippen molar-refractivity contribution in [3.05, 3.63) is 56.9 Å². The SMILES string of the molecule is Cn1cc(Br)cc(NC(=O)C2Cc3ccccc3O2)c1=O. The van der Waals surface area contributed by atoms with E-state index in [4.69, 9.17) is 4.74 Å². The number of carbonyl (C=O) groups is 1. The van der Waals surface area contributed by atoms with E-state index >= 15 is 0 Å². The third-order valence-electron chi connectivity index (χ3n) is 3.35. The van der Waals surface area contributed by atoms with Crippen LogP contribution in [-0.2, 0) is 18.3 Å². The number of amides is 1. The van der Waals surface area contributed by atoms with Crippen molar-refractivity contribution in [3.8, 4) is 5.75 Å². The molecule has 0 spiro atoms. The molecule has 1 N–H and O–H groups in total. The smallest absolute Gasteiger partial charge is 0.274 e. The number of ether oxygens (including phenoxy) is 1. The average Bonchev–Trinajstić information content (AvgIpc) is 2.88. The Morgan fingerprint density at radius 1 is 1.43 bits per heavy atom. The highest BCUT2D eigenvalue weighted by atomic mass is 79.9. The summed E-state index contributed by atoms with van der Waals surface area (Å²) in [6, 6.07) is 9.12. The van der Waals surface area contributed by atoms with Crippen LogP contribution in [0.2, 0.25) is 0 Å². The number of anilines is 1. The normalized spacial score (nSPS) is 16.2. The first-order valence-electron chi connectivity index (χ1n) is 6.46. The minimum absolute atomic E-state index is 0.233. The van der Waals surface area contributed by atoms with Gasteiger partial charge in [0.2, 0.25) is 0 Å². The molecule has 21 heavy (non-hydrogen) atoms. The van der Waals surface area contributed by atoms with E-state index in [9.17, 15) is 9.59 Å². The maximum absolute atomic E-state index is 12.3. The van der Waals surface area contributed by atoms with Crippen LogP contribution < -0.4 is 15.6 Å². The number of nitrogens with one attached hydrogen (secondary N) is 1. The van der Waals surface area contributed by atoms with Crippen LogP contribution in [0.4, 0.5) is 5.69 Å². The zero-order valence-corrected chi connectivity index (χ0v) is 12.9. The molecule has 1 unspecified atom stereocenters. The minimum Gasteiger partial charge on any atom is -0.480 e. The Labute approximate surface area is 129 Å². The molecule has 2 heterocycles. The second-order valence-corrected chi connectivity index (χ2v) is 5.81. The summed E-state index contributed by atoms with van der Waals surface area (Å²) < 4.78 is 7.73. The number of para-hydroxylation sites is 1. The standard InChI is InChI=1S/C15H13BrN2O3/c1-18-8-10(16)7-11(15(18)20)17-14(19)13-6-9-4-2-3-5-12(9)21-13/h2-5,7-8,13H,6H2,1H3,(H,17,19). The van der Waals surface area contributed by atoms with Crippen molar-refractivity contribution in [2.24, 2.45) is 7.05 Å². The number of benzene rings is 1. The Bertz CT molecular complexity index is 745. The number of fused-ring (bicyclic) bond motifs is 1. The lowest BCUT2D eigenvalue weighted by Gasteiger charge is -2.12. The number of hydrogen-bond acceptors (Lipinski definition) is 3. The molecule has 1 amide bonds. The van der Waals surface area contributed by atoms with Crippen LogP contribution >= 0.6 is 15.9 Å². The summed E-state index contributed by atoms with van der Waals surface area (Å²) in [4.78, 5) is 24.2. The highest BCUT2D eigenvalue weighted by Gasteiger charge is 2.29. The van der Waals surface area contributed by atoms with Gasteiger partial charge in [0, 0.05) is 24.1 Å². The lowest BCUT2D eigenvalue weighted by Crippen LogP contribution is -2.34. The molecule has 108 valence electrons. The molecule has 0 saturated heterocycles. The number of rotatable bonds is 2. The summed E-state index contributed by atoms with van der Waals surface area (Å²) in [6.45, 7) is 0. The van der Waals surface area contributed by atoms with Gasteiger partial charge in [0.15, 0.2) is 6.10 Å². The van der Waals surface area contributed by atoms with Crippen molar-refractivity contribution in [1.82, 2.24) is 4.57 Å². The van der Waals surface area contributed by atoms with E-state index in [1.807, 2.05) is 24.3 Å². The van der Waals surface area contributed by atoms with Crippen molar-refractivity contribution in [1.29, 1.82) is 0 Å². The number of nitrogens with zero attached hydrogens (tertiary/aromatic N) is 1. The molecule has 2 aromatic rings. The second kappa shape index (κ2) is 5.37. The van der Waals surface area contributed by atoms with Gasteiger partial charge in [-0.15, -0.1) is 0 Å². The fourth-order valence-corrected chi connectivity index (χ4v) is 2.84. The van der Waals surface area contributed by atoms with Gasteiger partial charge in [0.25, 0.3) is 11.5 Å². The lowest BCUT2D eigenvalue weighted by molar-refractivity contribution is -0.122. The number of aromatic nitrogens is 1. The highest BCUT2D eigenvalue weighted by molar-refractivity contribution is 9.10. The fourth-order valence-electron chi connectivity index (χ4n) is 2.30. The summed E-state index contributed by atoms with van der Waals surface area (Å²) in [6.07, 6.45) is 1.54. The summed E-state index contributed by atoms with van der Waals surface area (Å²) in [5.41, 5.74) is 0.971. The number of aryl methyl sites for hydroxylation is 1. The van der Waals surface area contributed by atoms with Crippen LogP contribution in [0.1, 0.15) is 5.56 Å². The van der Waals surface area contributed by atoms with E-state index in [1.54, 1.807) is 19.3 Å². The Kier molecular flexibility index (Phi) is 3.55. The van der Waals surface area contributed by atoms with Gasteiger partial charge in [-0.25, -0.2) is 0 Å². The minimum atomic E-state index is -0.605. The molecule has 0 radical (unpaired) electrons. The monoisotopic (exact) mass is 348 g/mol. The van der Waals surface area contributed by atoms with Crippen molar-refractivity contribution in [2.75, 3.05) is 5.32 Å². The molecular formula is C15H13BrN2O3. The number of hydrogen-bond donors (Lipinski definition) is 1. The van der Waals surface area contributed by atoms with Gasteiger partial charge in [-0.1, -0.05) is 18.2 Å². The molecule has 0 bridgehead atoms. The van der Waals surface area contributed by atoms with Gasteiger partial charge in [-0.05, 0) is 33.6 Å². The molecule has 0 aliphatic carbocycles. The molecule has 0 saturated carbocycles. The third-order valence-corrected chi connectivity index (χ3v) is 3.78. The Balaban J connectivity index is 1.79. The third kappa shape index (κ3) is 2.71. The number of pyridine rings is 1. The van der Waals surface area contributed by atoms with Crippen molar-refractivity contribution >= 4 is 27.5 Å². The van der Waals surface area contributed by atoms with Crippen molar-refractivity contribution < 1.29 is 9.53 Å². The van der Waals surface area contributed by atoms with Crippen LogP contribution in [0.25, 0.3) is 0 Å². The van der Waals surface area contributed by atoms with E-state index in [-0.39, 0.29) is 17.2 Å². The Hall–Kier alpha value is -2.08. The number of halogens is 1. The summed E-state index contributed by atoms with van der Waals surface area (Å²) in [5.74, 6) is 0.404. The summed E-state index contributed by atoms with van der Waals surface area (Å²) in [5, 5.41) is 2.64. The molecule has 1 aromatic heterocycles. The lowest BCUT2D eigenvalue weighted by atomic mass is 10.1. The van der Waals surface area contributed by atoms with Crippen LogP contribution in [-0.4, -0.2) is 16.6 Å². The molecule has 0 fully saturated rings. The predicted molar refractivity (Wildman–Crippen MR) is 82.6 cm³/mol. The molecule has 1 aliphatic rings. The van der Waals surface area contributed by atoms with E-state index in [1.165, 1.54) is 4.57 Å².